The molecule has 0 bridgehead atoms. The fraction of sp³-hybridized carbons (Fsp3) is 0.238. The van der Waals surface area contributed by atoms with Crippen molar-refractivity contribution in [3.8, 4) is 5.75 Å². The molecule has 8 heteroatoms. The van der Waals surface area contributed by atoms with E-state index >= 15 is 0 Å². The summed E-state index contributed by atoms with van der Waals surface area (Å²) in [7, 11) is 0. The minimum atomic E-state index is -0.810. The summed E-state index contributed by atoms with van der Waals surface area (Å²) < 4.78 is 0. The summed E-state index contributed by atoms with van der Waals surface area (Å²) >= 11 is 0. The van der Waals surface area contributed by atoms with Gasteiger partial charge in [-0.1, -0.05) is 25.5 Å². The molecule has 8 nitrogen and oxygen atoms in total. The Labute approximate surface area is 166 Å². The third-order valence-electron chi connectivity index (χ3n) is 4.85. The molecule has 1 saturated heterocycles. The number of hydrogen-bond donors (Lipinski definition) is 2. The van der Waals surface area contributed by atoms with Crippen LogP contribution in [0.3, 0.4) is 0 Å². The van der Waals surface area contributed by atoms with Gasteiger partial charge >= 0.3 is 0 Å². The molecule has 1 atom stereocenters. The first-order chi connectivity index (χ1) is 13.8. The molecule has 1 aliphatic heterocycles. The van der Waals surface area contributed by atoms with E-state index in [4.69, 9.17) is 0 Å². The average molecular weight is 396 g/mol. The fourth-order valence-corrected chi connectivity index (χ4v) is 3.34. The van der Waals surface area contributed by atoms with Crippen LogP contribution in [0.1, 0.15) is 36.9 Å². The van der Waals surface area contributed by atoms with E-state index in [-0.39, 0.29) is 22.6 Å². The Bertz CT molecular complexity index is 979. The predicted molar refractivity (Wildman–Crippen MR) is 105 cm³/mol. The summed E-state index contributed by atoms with van der Waals surface area (Å²) in [4.78, 5) is 37.1. The van der Waals surface area contributed by atoms with Gasteiger partial charge in [-0.2, -0.15) is 0 Å². The van der Waals surface area contributed by atoms with E-state index in [1.165, 1.54) is 41.3 Å². The number of phenols is 1. The molecular formula is C21H20N2O6. The Morgan fingerprint density at radius 1 is 1.10 bits per heavy atom. The molecule has 150 valence electrons. The van der Waals surface area contributed by atoms with Crippen molar-refractivity contribution in [3.63, 3.8) is 0 Å². The maximum absolute atomic E-state index is 12.8. The lowest BCUT2D eigenvalue weighted by Crippen LogP contribution is -2.30. The van der Waals surface area contributed by atoms with Gasteiger partial charge in [-0.15, -0.1) is 0 Å². The number of carbonyl (C=O) groups excluding carboxylic acids is 2. The number of nitrogens with zero attached hydrogens (tertiary/aromatic N) is 2. The summed E-state index contributed by atoms with van der Waals surface area (Å²) in [6.07, 6.45) is 1.49. The first kappa shape index (κ1) is 20.1. The van der Waals surface area contributed by atoms with Crippen molar-refractivity contribution in [2.75, 3.05) is 6.54 Å². The third kappa shape index (κ3) is 3.82. The molecule has 2 aromatic rings. The van der Waals surface area contributed by atoms with Gasteiger partial charge in [0.15, 0.2) is 0 Å². The number of non-ortho nitro benzene ring substituents is 1. The van der Waals surface area contributed by atoms with Crippen molar-refractivity contribution < 1.29 is 24.7 Å². The number of amides is 1. The first-order valence-electron chi connectivity index (χ1n) is 9.17. The highest BCUT2D eigenvalue weighted by molar-refractivity contribution is 6.46. The van der Waals surface area contributed by atoms with Gasteiger partial charge in [-0.25, -0.2) is 0 Å². The molecule has 1 unspecified atom stereocenters. The Kier molecular flexibility index (Phi) is 5.63. The number of aliphatic hydroxyl groups excluding tert-OH is 1. The van der Waals surface area contributed by atoms with Gasteiger partial charge in [0.25, 0.3) is 17.4 Å². The fourth-order valence-electron chi connectivity index (χ4n) is 3.34. The van der Waals surface area contributed by atoms with Crippen LogP contribution in [0.25, 0.3) is 5.76 Å². The number of nitro groups is 1. The number of likely N-dealkylation sites (tertiary alicyclic amines) is 1. The van der Waals surface area contributed by atoms with Crippen molar-refractivity contribution in [3.05, 3.63) is 75.3 Å². The predicted octanol–water partition coefficient (Wildman–Crippen LogP) is 3.52. The topological polar surface area (TPSA) is 121 Å². The number of aromatic hydroxyl groups is 1. The number of benzene rings is 2. The number of Topliss-reactive ketones (excluding diaryl/α,β-unsaturated/α-hetero) is 1. The molecule has 2 aromatic carbocycles. The van der Waals surface area contributed by atoms with Crippen LogP contribution in [0.15, 0.2) is 54.1 Å². The minimum Gasteiger partial charge on any atom is -0.508 e. The number of aliphatic hydroxyl groups is 1. The summed E-state index contributed by atoms with van der Waals surface area (Å²) in [5, 5.41) is 31.2. The maximum Gasteiger partial charge on any atom is 0.295 e. The number of nitro benzene ring substituents is 1. The van der Waals surface area contributed by atoms with Gasteiger partial charge < -0.3 is 15.1 Å². The molecule has 1 aliphatic rings. The van der Waals surface area contributed by atoms with Crippen LogP contribution in [-0.4, -0.2) is 38.3 Å². The average Bonchev–Trinajstić information content (AvgIpc) is 2.97. The van der Waals surface area contributed by atoms with Gasteiger partial charge in [0.1, 0.15) is 11.5 Å². The van der Waals surface area contributed by atoms with E-state index in [0.29, 0.717) is 18.5 Å². The van der Waals surface area contributed by atoms with Crippen LogP contribution in [0.5, 0.6) is 5.75 Å². The number of ketones is 1. The van der Waals surface area contributed by atoms with Crippen molar-refractivity contribution in [2.24, 2.45) is 0 Å². The molecule has 2 N–H and O–H groups in total. The quantitative estimate of drug-likeness (QED) is 0.253. The van der Waals surface area contributed by atoms with E-state index < -0.39 is 28.4 Å². The van der Waals surface area contributed by atoms with Crippen LogP contribution in [0.2, 0.25) is 0 Å². The zero-order chi connectivity index (χ0) is 21.1. The number of carbonyl (C=O) groups is 2. The second-order valence-corrected chi connectivity index (χ2v) is 6.74. The lowest BCUT2D eigenvalue weighted by molar-refractivity contribution is -0.384. The number of phenolic OH excluding ortho intramolecular Hbond substituents is 1. The van der Waals surface area contributed by atoms with Crippen molar-refractivity contribution in [2.45, 2.75) is 25.8 Å². The van der Waals surface area contributed by atoms with Gasteiger partial charge in [-0.05, 0) is 36.2 Å². The largest absolute Gasteiger partial charge is 0.508 e. The van der Waals surface area contributed by atoms with E-state index in [0.717, 1.165) is 6.42 Å². The zero-order valence-corrected chi connectivity index (χ0v) is 15.7. The summed E-state index contributed by atoms with van der Waals surface area (Å²) in [5.74, 6) is -1.88. The molecule has 3 rings (SSSR count). The number of hydrogen-bond acceptors (Lipinski definition) is 6. The smallest absolute Gasteiger partial charge is 0.295 e. The van der Waals surface area contributed by atoms with Crippen LogP contribution in [-0.2, 0) is 9.59 Å². The van der Waals surface area contributed by atoms with Crippen LogP contribution < -0.4 is 0 Å². The highest BCUT2D eigenvalue weighted by atomic mass is 16.6. The molecule has 1 amide bonds. The van der Waals surface area contributed by atoms with E-state index in [1.807, 2.05) is 6.92 Å². The number of rotatable bonds is 6. The first-order valence-corrected chi connectivity index (χ1v) is 9.17. The molecule has 0 saturated carbocycles. The Morgan fingerprint density at radius 2 is 1.72 bits per heavy atom. The van der Waals surface area contributed by atoms with Crippen LogP contribution in [0, 0.1) is 10.1 Å². The molecule has 1 heterocycles. The summed E-state index contributed by atoms with van der Waals surface area (Å²) in [5.41, 5.74) is 0.542. The molecule has 0 radical (unpaired) electrons. The highest BCUT2D eigenvalue weighted by Gasteiger charge is 2.45. The zero-order valence-electron chi connectivity index (χ0n) is 15.7. The number of unbranched alkanes of at least 4 members (excludes halogenated alkanes) is 1. The van der Waals surface area contributed by atoms with E-state index in [9.17, 15) is 29.9 Å². The lowest BCUT2D eigenvalue weighted by atomic mass is 9.95. The minimum absolute atomic E-state index is 0.0367. The molecule has 0 aliphatic carbocycles. The van der Waals surface area contributed by atoms with Crippen molar-refractivity contribution >= 4 is 23.1 Å². The highest BCUT2D eigenvalue weighted by Crippen LogP contribution is 2.40. The second-order valence-electron chi connectivity index (χ2n) is 6.74. The van der Waals surface area contributed by atoms with Crippen molar-refractivity contribution in [1.29, 1.82) is 0 Å². The molecular weight excluding hydrogens is 376 g/mol. The lowest BCUT2D eigenvalue weighted by Gasteiger charge is -2.25. The standard InChI is InChI=1S/C21H20N2O6/c1-2-3-12-22-18(13-6-10-16(24)11-7-13)17(20(26)21(22)27)19(25)14-4-8-15(9-5-14)23(28)29/h4-11,18,24-25H,2-3,12H2,1H3/b19-17-. The van der Waals surface area contributed by atoms with Gasteiger partial charge in [0.2, 0.25) is 0 Å². The maximum atomic E-state index is 12.8. The van der Waals surface area contributed by atoms with Crippen LogP contribution in [0.4, 0.5) is 5.69 Å². The summed E-state index contributed by atoms with van der Waals surface area (Å²) in [6.45, 7) is 2.30. The second kappa shape index (κ2) is 8.14. The third-order valence-corrected chi connectivity index (χ3v) is 4.85. The SMILES string of the molecule is CCCCN1C(=O)C(=O)/C(=C(\O)c2ccc([N+](=O)[O-])cc2)C1c1ccc(O)cc1. The molecule has 1 fully saturated rings. The van der Waals surface area contributed by atoms with Crippen LogP contribution >= 0.6 is 0 Å². The van der Waals surface area contributed by atoms with Gasteiger partial charge in [0, 0.05) is 24.2 Å². The normalized spacial score (nSPS) is 18.2. The van der Waals surface area contributed by atoms with Gasteiger partial charge in [0.05, 0.1) is 16.5 Å². The molecule has 0 spiro atoms. The Hall–Kier alpha value is -3.68. The Morgan fingerprint density at radius 3 is 2.28 bits per heavy atom. The van der Waals surface area contributed by atoms with Crippen molar-refractivity contribution in [1.82, 2.24) is 4.90 Å². The van der Waals surface area contributed by atoms with Gasteiger partial charge in [-0.3, -0.25) is 19.7 Å². The van der Waals surface area contributed by atoms with E-state index in [1.54, 1.807) is 12.1 Å². The Balaban J connectivity index is 2.12. The van der Waals surface area contributed by atoms with E-state index in [2.05, 4.69) is 0 Å². The monoisotopic (exact) mass is 396 g/mol. The molecule has 29 heavy (non-hydrogen) atoms. The molecule has 0 aromatic heterocycles. The summed E-state index contributed by atoms with van der Waals surface area (Å²) in [6, 6.07) is 10.4.